The molecule has 2 aromatic rings. The summed E-state index contributed by atoms with van der Waals surface area (Å²) in [6.07, 6.45) is 6.24. The maximum atomic E-state index is 12.8. The van der Waals surface area contributed by atoms with Crippen molar-refractivity contribution in [2.75, 3.05) is 39.9 Å². The van der Waals surface area contributed by atoms with E-state index in [1.54, 1.807) is 13.3 Å². The first-order valence-corrected chi connectivity index (χ1v) is 10.8. The highest BCUT2D eigenvalue weighted by molar-refractivity contribution is 6.99. The third-order valence-electron chi connectivity index (χ3n) is 6.01. The molecular weight excluding hydrogens is 372 g/mol. The van der Waals surface area contributed by atoms with Gasteiger partial charge in [-0.05, 0) is 49.3 Å². The maximum Gasteiger partial charge on any atom is 0.275 e. The van der Waals surface area contributed by atoms with Gasteiger partial charge >= 0.3 is 0 Å². The van der Waals surface area contributed by atoms with Crippen LogP contribution >= 0.6 is 11.7 Å². The predicted octanol–water partition coefficient (Wildman–Crippen LogP) is 2.51. The van der Waals surface area contributed by atoms with Crippen molar-refractivity contribution in [1.82, 2.24) is 18.5 Å². The fraction of sp³-hybridized carbons (Fsp3) is 0.571. The van der Waals surface area contributed by atoms with Gasteiger partial charge in [0.2, 0.25) is 0 Å². The van der Waals surface area contributed by atoms with Crippen LogP contribution in [0.5, 0.6) is 0 Å². The number of fused-ring (bicyclic) bond motifs is 1. The Balaban J connectivity index is 1.38. The van der Waals surface area contributed by atoms with E-state index >= 15 is 0 Å². The Bertz CT molecular complexity index is 757. The number of hydrogen-bond donors (Lipinski definition) is 0. The Morgan fingerprint density at radius 3 is 2.79 bits per heavy atom. The van der Waals surface area contributed by atoms with Gasteiger partial charge in [-0.3, -0.25) is 9.69 Å². The summed E-state index contributed by atoms with van der Waals surface area (Å²) in [4.78, 5) is 17.4. The molecule has 1 aromatic heterocycles. The summed E-state index contributed by atoms with van der Waals surface area (Å²) in [6.45, 7) is 4.12. The third kappa shape index (κ3) is 4.42. The van der Waals surface area contributed by atoms with Crippen LogP contribution in [0.2, 0.25) is 0 Å². The van der Waals surface area contributed by atoms with E-state index in [4.69, 9.17) is 4.74 Å². The van der Waals surface area contributed by atoms with Crippen LogP contribution < -0.4 is 0 Å². The Morgan fingerprint density at radius 2 is 2.11 bits per heavy atom. The van der Waals surface area contributed by atoms with Crippen molar-refractivity contribution in [2.24, 2.45) is 5.92 Å². The van der Waals surface area contributed by atoms with Gasteiger partial charge in [-0.15, -0.1) is 0 Å². The maximum absolute atomic E-state index is 12.8. The summed E-state index contributed by atoms with van der Waals surface area (Å²) >= 11 is 1.08. The molecule has 150 valence electrons. The van der Waals surface area contributed by atoms with Gasteiger partial charge in [0, 0.05) is 32.8 Å². The molecule has 1 aliphatic heterocycles. The number of amides is 1. The lowest BCUT2D eigenvalue weighted by molar-refractivity contribution is 0.0569. The molecule has 0 N–H and O–H groups in total. The van der Waals surface area contributed by atoms with Crippen LogP contribution in [0.1, 0.15) is 34.5 Å². The highest BCUT2D eigenvalue weighted by Gasteiger charge is 2.32. The first kappa shape index (κ1) is 19.5. The lowest BCUT2D eigenvalue weighted by Crippen LogP contribution is -2.47. The summed E-state index contributed by atoms with van der Waals surface area (Å²) in [6, 6.07) is 9.43. The molecule has 2 heterocycles. The molecular formula is C21H28N4O2S. The molecule has 1 atom stereocenters. The number of ether oxygens (including phenoxy) is 1. The van der Waals surface area contributed by atoms with Crippen molar-refractivity contribution in [3.05, 3.63) is 47.3 Å². The van der Waals surface area contributed by atoms with Crippen molar-refractivity contribution < 1.29 is 9.53 Å². The number of methoxy groups -OCH3 is 1. The van der Waals surface area contributed by atoms with Gasteiger partial charge in [-0.2, -0.15) is 8.75 Å². The van der Waals surface area contributed by atoms with Gasteiger partial charge in [-0.1, -0.05) is 24.3 Å². The van der Waals surface area contributed by atoms with Crippen molar-refractivity contribution in [3.8, 4) is 0 Å². The summed E-state index contributed by atoms with van der Waals surface area (Å²) in [5.41, 5.74) is 3.45. The van der Waals surface area contributed by atoms with E-state index in [9.17, 15) is 4.79 Å². The van der Waals surface area contributed by atoms with Crippen LogP contribution in [0.4, 0.5) is 0 Å². The molecule has 0 radical (unpaired) electrons. The van der Waals surface area contributed by atoms with E-state index < -0.39 is 0 Å². The molecule has 0 bridgehead atoms. The van der Waals surface area contributed by atoms with Crippen molar-refractivity contribution in [3.63, 3.8) is 0 Å². The zero-order valence-corrected chi connectivity index (χ0v) is 17.2. The Labute approximate surface area is 170 Å². The van der Waals surface area contributed by atoms with Crippen molar-refractivity contribution in [1.29, 1.82) is 0 Å². The lowest BCUT2D eigenvalue weighted by Gasteiger charge is -2.38. The standard InChI is InChI=1S/C21H28N4O2S/c1-27-10-9-25(21(26)20-13-22-28-23-20)15-16-5-4-8-24(14-16)19-11-17-6-2-3-7-18(17)12-19/h2-3,6-7,13,16,19H,4-5,8-12,14-15H2,1H3. The number of nitrogens with zero attached hydrogens (tertiary/aromatic N) is 4. The molecule has 1 aliphatic carbocycles. The van der Waals surface area contributed by atoms with Crippen molar-refractivity contribution in [2.45, 2.75) is 31.7 Å². The van der Waals surface area contributed by atoms with E-state index in [0.717, 1.165) is 44.2 Å². The molecule has 6 nitrogen and oxygen atoms in total. The summed E-state index contributed by atoms with van der Waals surface area (Å²) in [5, 5.41) is 0. The second-order valence-electron chi connectivity index (χ2n) is 7.87. The zero-order valence-electron chi connectivity index (χ0n) is 16.4. The summed E-state index contributed by atoms with van der Waals surface area (Å²) in [5.74, 6) is 0.459. The highest BCUT2D eigenvalue weighted by Crippen LogP contribution is 2.29. The first-order valence-electron chi connectivity index (χ1n) is 10.1. The average Bonchev–Trinajstić information content (AvgIpc) is 3.40. The van der Waals surface area contributed by atoms with Crippen LogP contribution in [0, 0.1) is 5.92 Å². The second-order valence-corrected chi connectivity index (χ2v) is 8.43. The Morgan fingerprint density at radius 1 is 1.32 bits per heavy atom. The highest BCUT2D eigenvalue weighted by atomic mass is 32.1. The van der Waals surface area contributed by atoms with Gasteiger partial charge in [0.25, 0.3) is 5.91 Å². The minimum Gasteiger partial charge on any atom is -0.383 e. The molecule has 1 fully saturated rings. The quantitative estimate of drug-likeness (QED) is 0.715. The number of benzene rings is 1. The van der Waals surface area contributed by atoms with E-state index in [0.29, 0.717) is 30.8 Å². The number of carbonyl (C=O) groups is 1. The number of aromatic nitrogens is 2. The fourth-order valence-corrected chi connectivity index (χ4v) is 4.99. The average molecular weight is 401 g/mol. The van der Waals surface area contributed by atoms with Crippen LogP contribution in [-0.4, -0.2) is 70.4 Å². The van der Waals surface area contributed by atoms with Gasteiger partial charge in [0.05, 0.1) is 24.5 Å². The molecule has 2 aliphatic rings. The van der Waals surface area contributed by atoms with Crippen LogP contribution in [0.3, 0.4) is 0 Å². The molecule has 1 saturated heterocycles. The number of rotatable bonds is 7. The minimum atomic E-state index is -0.0313. The first-order chi connectivity index (χ1) is 13.7. The summed E-state index contributed by atoms with van der Waals surface area (Å²) in [7, 11) is 1.67. The molecule has 1 unspecified atom stereocenters. The fourth-order valence-electron chi connectivity index (χ4n) is 4.58. The number of likely N-dealkylation sites (tertiary alicyclic amines) is 1. The zero-order chi connectivity index (χ0) is 19.3. The largest absolute Gasteiger partial charge is 0.383 e. The van der Waals surface area contributed by atoms with Gasteiger partial charge in [0.15, 0.2) is 5.69 Å². The lowest BCUT2D eigenvalue weighted by atomic mass is 9.95. The summed E-state index contributed by atoms with van der Waals surface area (Å²) < 4.78 is 13.3. The minimum absolute atomic E-state index is 0.0313. The smallest absolute Gasteiger partial charge is 0.275 e. The topological polar surface area (TPSA) is 58.6 Å². The molecule has 28 heavy (non-hydrogen) atoms. The SMILES string of the molecule is COCCN(CC1CCCN(C2Cc3ccccc3C2)C1)C(=O)c1cnsn1. The molecule has 1 aromatic carbocycles. The Hall–Kier alpha value is -1.83. The second kappa shape index (κ2) is 9.11. The molecule has 7 heteroatoms. The number of hydrogen-bond acceptors (Lipinski definition) is 6. The molecule has 0 saturated carbocycles. The van der Waals surface area contributed by atoms with E-state index in [-0.39, 0.29) is 5.91 Å². The number of piperidine rings is 1. The van der Waals surface area contributed by atoms with E-state index in [1.165, 1.54) is 24.0 Å². The van der Waals surface area contributed by atoms with Gasteiger partial charge < -0.3 is 9.64 Å². The third-order valence-corrected chi connectivity index (χ3v) is 6.49. The molecule has 4 rings (SSSR count). The normalized spacial score (nSPS) is 20.2. The Kier molecular flexibility index (Phi) is 6.34. The molecule has 0 spiro atoms. The van der Waals surface area contributed by atoms with E-state index in [1.807, 2.05) is 4.90 Å². The van der Waals surface area contributed by atoms with Crippen LogP contribution in [-0.2, 0) is 17.6 Å². The number of carbonyl (C=O) groups excluding carboxylic acids is 1. The monoisotopic (exact) mass is 400 g/mol. The van der Waals surface area contributed by atoms with Crippen LogP contribution in [0.25, 0.3) is 0 Å². The van der Waals surface area contributed by atoms with Crippen LogP contribution in [0.15, 0.2) is 30.5 Å². The van der Waals surface area contributed by atoms with Crippen molar-refractivity contribution >= 4 is 17.6 Å². The van der Waals surface area contributed by atoms with E-state index in [2.05, 4.69) is 37.9 Å². The molecule has 1 amide bonds. The van der Waals surface area contributed by atoms with Gasteiger partial charge in [0.1, 0.15) is 0 Å². The predicted molar refractivity (Wildman–Crippen MR) is 110 cm³/mol. The van der Waals surface area contributed by atoms with Gasteiger partial charge in [-0.25, -0.2) is 0 Å².